The second-order valence-electron chi connectivity index (χ2n) is 5.11. The van der Waals surface area contributed by atoms with E-state index < -0.39 is 6.10 Å². The number of allylic oxidation sites excluding steroid dienone is 1. The van der Waals surface area contributed by atoms with Crippen molar-refractivity contribution in [1.29, 1.82) is 0 Å². The van der Waals surface area contributed by atoms with E-state index >= 15 is 0 Å². The lowest BCUT2D eigenvalue weighted by atomic mass is 9.89. The van der Waals surface area contributed by atoms with E-state index in [1.807, 2.05) is 43.3 Å². The Hall–Kier alpha value is -2.04. The van der Waals surface area contributed by atoms with Crippen molar-refractivity contribution in [2.75, 3.05) is 7.11 Å². The first kappa shape index (κ1) is 14.9. The summed E-state index contributed by atoms with van der Waals surface area (Å²) in [5.74, 6) is 0.745. The van der Waals surface area contributed by atoms with Gasteiger partial charge in [0.05, 0.1) is 12.0 Å². The zero-order valence-electron chi connectivity index (χ0n) is 12.4. The van der Waals surface area contributed by atoms with Gasteiger partial charge in [-0.2, -0.15) is 0 Å². The fraction of sp³-hybridized carbons (Fsp3) is 0.167. The number of hydrogen-bond acceptors (Lipinski definition) is 4. The van der Waals surface area contributed by atoms with E-state index in [1.165, 1.54) is 11.8 Å². The Morgan fingerprint density at radius 2 is 1.77 bits per heavy atom. The van der Waals surface area contributed by atoms with Gasteiger partial charge in [0.1, 0.15) is 11.9 Å². The zero-order chi connectivity index (χ0) is 15.7. The van der Waals surface area contributed by atoms with Crippen LogP contribution >= 0.6 is 11.8 Å². The summed E-state index contributed by atoms with van der Waals surface area (Å²) in [6.07, 6.45) is -0.727. The van der Waals surface area contributed by atoms with E-state index in [4.69, 9.17) is 4.74 Å². The summed E-state index contributed by atoms with van der Waals surface area (Å²) in [5, 5.41) is 10.4. The topological polar surface area (TPSA) is 46.5 Å². The lowest BCUT2D eigenvalue weighted by molar-refractivity contribution is 0.102. The van der Waals surface area contributed by atoms with Crippen LogP contribution in [0, 0.1) is 0 Å². The van der Waals surface area contributed by atoms with E-state index in [-0.39, 0.29) is 5.78 Å². The summed E-state index contributed by atoms with van der Waals surface area (Å²) in [6.45, 7) is 1.81. The van der Waals surface area contributed by atoms with Gasteiger partial charge in [-0.3, -0.25) is 4.79 Å². The smallest absolute Gasteiger partial charge is 0.200 e. The highest BCUT2D eigenvalue weighted by atomic mass is 32.2. The van der Waals surface area contributed by atoms with Crippen LogP contribution in [-0.2, 0) is 0 Å². The van der Waals surface area contributed by atoms with E-state index in [2.05, 4.69) is 0 Å². The molecule has 0 saturated carbocycles. The largest absolute Gasteiger partial charge is 0.497 e. The molecule has 0 spiro atoms. The minimum Gasteiger partial charge on any atom is -0.497 e. The normalized spacial score (nSPS) is 17.4. The molecule has 112 valence electrons. The van der Waals surface area contributed by atoms with Crippen LogP contribution in [-0.4, -0.2) is 18.0 Å². The molecule has 2 aromatic rings. The molecule has 0 aromatic heterocycles. The number of methoxy groups -OCH3 is 1. The second-order valence-corrected chi connectivity index (χ2v) is 6.19. The quantitative estimate of drug-likeness (QED) is 0.931. The molecule has 0 saturated heterocycles. The van der Waals surface area contributed by atoms with Crippen LogP contribution in [0.5, 0.6) is 5.75 Å². The SMILES string of the molecule is COc1ccc(SC2=C(C)C(O)c3ccccc3C2=O)cc1. The van der Waals surface area contributed by atoms with Crippen molar-refractivity contribution in [1.82, 2.24) is 0 Å². The molecule has 0 amide bonds. The van der Waals surface area contributed by atoms with Crippen LogP contribution < -0.4 is 4.74 Å². The van der Waals surface area contributed by atoms with Crippen LogP contribution in [0.25, 0.3) is 0 Å². The average Bonchev–Trinajstić information content (AvgIpc) is 2.57. The highest BCUT2D eigenvalue weighted by molar-refractivity contribution is 8.04. The first-order chi connectivity index (χ1) is 10.6. The first-order valence-electron chi connectivity index (χ1n) is 6.96. The average molecular weight is 312 g/mol. The third-order valence-corrected chi connectivity index (χ3v) is 4.97. The van der Waals surface area contributed by atoms with Gasteiger partial charge in [-0.1, -0.05) is 36.0 Å². The zero-order valence-corrected chi connectivity index (χ0v) is 13.2. The van der Waals surface area contributed by atoms with Crippen LogP contribution in [0.4, 0.5) is 0 Å². The molecule has 4 heteroatoms. The number of aliphatic hydroxyl groups is 1. The second kappa shape index (κ2) is 5.99. The number of rotatable bonds is 3. The highest BCUT2D eigenvalue weighted by Crippen LogP contribution is 2.41. The van der Waals surface area contributed by atoms with Crippen molar-refractivity contribution in [3.05, 3.63) is 70.1 Å². The Bertz CT molecular complexity index is 747. The molecular weight excluding hydrogens is 296 g/mol. The molecule has 1 N–H and O–H groups in total. The van der Waals surface area contributed by atoms with Crippen molar-refractivity contribution in [3.63, 3.8) is 0 Å². The first-order valence-corrected chi connectivity index (χ1v) is 7.78. The maximum Gasteiger partial charge on any atom is 0.200 e. The standard InChI is InChI=1S/C18H16O3S/c1-11-16(19)14-5-3-4-6-15(14)17(20)18(11)22-13-9-7-12(21-2)8-10-13/h3-10,16,19H,1-2H3. The van der Waals surface area contributed by atoms with Gasteiger partial charge in [0.25, 0.3) is 0 Å². The maximum absolute atomic E-state index is 12.7. The number of thioether (sulfide) groups is 1. The summed E-state index contributed by atoms with van der Waals surface area (Å²) in [4.78, 5) is 14.2. The van der Waals surface area contributed by atoms with Crippen molar-refractivity contribution < 1.29 is 14.6 Å². The highest BCUT2D eigenvalue weighted by Gasteiger charge is 2.30. The lowest BCUT2D eigenvalue weighted by Gasteiger charge is -2.24. The lowest BCUT2D eigenvalue weighted by Crippen LogP contribution is -2.17. The Labute approximate surface area is 133 Å². The van der Waals surface area contributed by atoms with Gasteiger partial charge in [-0.25, -0.2) is 0 Å². The molecule has 0 aliphatic heterocycles. The molecular formula is C18H16O3S. The summed E-state index contributed by atoms with van der Waals surface area (Å²) >= 11 is 1.38. The number of ketones is 1. The number of ether oxygens (including phenoxy) is 1. The number of carbonyl (C=O) groups excluding carboxylic acids is 1. The van der Waals surface area contributed by atoms with Crippen molar-refractivity contribution >= 4 is 17.5 Å². The molecule has 3 rings (SSSR count). The van der Waals surface area contributed by atoms with Gasteiger partial charge in [-0.05, 0) is 42.3 Å². The van der Waals surface area contributed by atoms with Gasteiger partial charge in [0.15, 0.2) is 5.78 Å². The van der Waals surface area contributed by atoms with Gasteiger partial charge in [-0.15, -0.1) is 0 Å². The van der Waals surface area contributed by atoms with Crippen molar-refractivity contribution in [3.8, 4) is 5.75 Å². The van der Waals surface area contributed by atoms with Crippen molar-refractivity contribution in [2.24, 2.45) is 0 Å². The maximum atomic E-state index is 12.7. The molecule has 0 radical (unpaired) electrons. The number of aliphatic hydroxyl groups excluding tert-OH is 1. The molecule has 3 nitrogen and oxygen atoms in total. The summed E-state index contributed by atoms with van der Waals surface area (Å²) in [5.41, 5.74) is 1.96. The molecule has 2 aromatic carbocycles. The number of carbonyl (C=O) groups is 1. The Morgan fingerprint density at radius 1 is 1.09 bits per heavy atom. The van der Waals surface area contributed by atoms with Crippen LogP contribution in [0.15, 0.2) is 63.9 Å². The number of benzene rings is 2. The monoisotopic (exact) mass is 312 g/mol. The Balaban J connectivity index is 1.96. The van der Waals surface area contributed by atoms with Crippen molar-refractivity contribution in [2.45, 2.75) is 17.9 Å². The van der Waals surface area contributed by atoms with E-state index in [0.29, 0.717) is 21.6 Å². The Kier molecular flexibility index (Phi) is 4.05. The minimum absolute atomic E-state index is 0.0285. The fourth-order valence-electron chi connectivity index (χ4n) is 2.49. The summed E-state index contributed by atoms with van der Waals surface area (Å²) < 4.78 is 5.14. The fourth-order valence-corrected chi connectivity index (χ4v) is 3.47. The minimum atomic E-state index is -0.727. The summed E-state index contributed by atoms with van der Waals surface area (Å²) in [6, 6.07) is 14.8. The van der Waals surface area contributed by atoms with Gasteiger partial charge < -0.3 is 9.84 Å². The predicted molar refractivity (Wildman–Crippen MR) is 87.3 cm³/mol. The van der Waals surface area contributed by atoms with Crippen LogP contribution in [0.3, 0.4) is 0 Å². The van der Waals surface area contributed by atoms with Gasteiger partial charge in [0.2, 0.25) is 0 Å². The van der Waals surface area contributed by atoms with Gasteiger partial charge in [0, 0.05) is 10.5 Å². The molecule has 0 heterocycles. The molecule has 1 atom stereocenters. The van der Waals surface area contributed by atoms with Gasteiger partial charge >= 0.3 is 0 Å². The molecule has 22 heavy (non-hydrogen) atoms. The third-order valence-electron chi connectivity index (χ3n) is 3.75. The summed E-state index contributed by atoms with van der Waals surface area (Å²) in [7, 11) is 1.62. The molecule has 0 bridgehead atoms. The number of fused-ring (bicyclic) bond motifs is 1. The van der Waals surface area contributed by atoms with E-state index in [0.717, 1.165) is 10.6 Å². The third kappa shape index (κ3) is 2.56. The molecule has 1 unspecified atom stereocenters. The predicted octanol–water partition coefficient (Wildman–Crippen LogP) is 3.99. The molecule has 1 aliphatic rings. The molecule has 1 aliphatic carbocycles. The number of hydrogen-bond donors (Lipinski definition) is 1. The van der Waals surface area contributed by atoms with E-state index in [9.17, 15) is 9.90 Å². The van der Waals surface area contributed by atoms with Crippen LogP contribution in [0.2, 0.25) is 0 Å². The van der Waals surface area contributed by atoms with E-state index in [1.54, 1.807) is 19.2 Å². The Morgan fingerprint density at radius 3 is 2.45 bits per heavy atom. The molecule has 0 fully saturated rings. The van der Waals surface area contributed by atoms with Crippen LogP contribution in [0.1, 0.15) is 28.9 Å². The number of Topliss-reactive ketones (excluding diaryl/α,β-unsaturated/α-hetero) is 1.